The van der Waals surface area contributed by atoms with Crippen LogP contribution in [0.1, 0.15) is 18.4 Å². The van der Waals surface area contributed by atoms with Gasteiger partial charge in [-0.3, -0.25) is 4.79 Å². The van der Waals surface area contributed by atoms with Crippen molar-refractivity contribution in [3.8, 4) is 0 Å². The number of halogens is 1. The minimum Gasteiger partial charge on any atom is -0.369 e. The van der Waals surface area contributed by atoms with Gasteiger partial charge < -0.3 is 21.7 Å². The number of aromatic nitrogens is 2. The molecule has 5 atom stereocenters. The molecular weight excluding hydrogens is 371 g/mol. The third-order valence-corrected chi connectivity index (χ3v) is 6.70. The Balaban J connectivity index is 1.51. The summed E-state index contributed by atoms with van der Waals surface area (Å²) < 4.78 is 14.5. The van der Waals surface area contributed by atoms with Crippen LogP contribution < -0.4 is 21.7 Å². The molecular formula is C21H25FN6O. The molecule has 2 saturated carbocycles. The van der Waals surface area contributed by atoms with E-state index in [9.17, 15) is 9.18 Å². The molecule has 8 heteroatoms. The van der Waals surface area contributed by atoms with Gasteiger partial charge in [-0.05, 0) is 67.8 Å². The van der Waals surface area contributed by atoms with Crippen molar-refractivity contribution in [2.24, 2.45) is 29.4 Å². The van der Waals surface area contributed by atoms with E-state index in [2.05, 4.69) is 38.1 Å². The molecule has 3 aliphatic rings. The summed E-state index contributed by atoms with van der Waals surface area (Å²) in [6, 6.07) is 7.85. The summed E-state index contributed by atoms with van der Waals surface area (Å²) in [5.41, 5.74) is 7.78. The maximum Gasteiger partial charge on any atom is 0.229 e. The van der Waals surface area contributed by atoms with Gasteiger partial charge in [0.1, 0.15) is 0 Å². The van der Waals surface area contributed by atoms with Crippen LogP contribution in [0.25, 0.3) is 0 Å². The number of nitrogens with one attached hydrogen (secondary N) is 3. The summed E-state index contributed by atoms with van der Waals surface area (Å²) >= 11 is 0. The molecule has 1 amide bonds. The predicted molar refractivity (Wildman–Crippen MR) is 108 cm³/mol. The van der Waals surface area contributed by atoms with Crippen LogP contribution in [0.3, 0.4) is 0 Å². The molecule has 1 aromatic heterocycles. The van der Waals surface area contributed by atoms with Crippen molar-refractivity contribution in [2.45, 2.75) is 25.3 Å². The quantitative estimate of drug-likeness (QED) is 0.588. The predicted octanol–water partition coefficient (Wildman–Crippen LogP) is 2.04. The topological polar surface area (TPSA) is 105 Å². The van der Waals surface area contributed by atoms with E-state index < -0.39 is 5.82 Å². The van der Waals surface area contributed by atoms with Gasteiger partial charge in [0.15, 0.2) is 11.6 Å². The lowest BCUT2D eigenvalue weighted by molar-refractivity contribution is -0.123. The molecule has 2 fully saturated rings. The monoisotopic (exact) mass is 396 g/mol. The van der Waals surface area contributed by atoms with Crippen molar-refractivity contribution in [2.75, 3.05) is 23.7 Å². The van der Waals surface area contributed by atoms with E-state index in [0.29, 0.717) is 11.9 Å². The number of nitrogens with two attached hydrogens (primary N) is 1. The van der Waals surface area contributed by atoms with Gasteiger partial charge in [-0.2, -0.15) is 4.98 Å². The van der Waals surface area contributed by atoms with Gasteiger partial charge in [0, 0.05) is 11.7 Å². The standard InChI is InChI=1S/C21H25FN6O/c22-16-10-25-21-26-14-3-1-2-11(6-14)4-5-24-9-13-7-12-8-15(13)18(17(12)19(23)29)27-20(16)28-21/h1-3,6,10,12-13,15,17-18,24H,4-5,7-9H2,(H2,23,29)(H2,25,26,27,28)/t12-,13-,15+,17-,18+/m0/s1. The highest BCUT2D eigenvalue weighted by atomic mass is 19.1. The van der Waals surface area contributed by atoms with E-state index in [4.69, 9.17) is 5.73 Å². The van der Waals surface area contributed by atoms with Crippen LogP contribution in [0, 0.1) is 29.5 Å². The smallest absolute Gasteiger partial charge is 0.229 e. The highest BCUT2D eigenvalue weighted by Gasteiger charge is 2.54. The van der Waals surface area contributed by atoms with E-state index >= 15 is 0 Å². The van der Waals surface area contributed by atoms with Crippen LogP contribution in [-0.2, 0) is 11.2 Å². The van der Waals surface area contributed by atoms with Crippen LogP contribution >= 0.6 is 0 Å². The number of anilines is 3. The van der Waals surface area contributed by atoms with Gasteiger partial charge in [0.2, 0.25) is 11.9 Å². The lowest BCUT2D eigenvalue weighted by atomic mass is 9.77. The number of carbonyl (C=O) groups is 1. The SMILES string of the molecule is NC(=O)[C@H]1[C@H]2C[C@H]3CNCCc4cccc(c4)Nc4ncc(F)c(n4)N[C@@H]1[C@@H]3C2. The molecule has 6 bridgehead atoms. The zero-order valence-electron chi connectivity index (χ0n) is 16.1. The lowest BCUT2D eigenvalue weighted by Crippen LogP contribution is -2.47. The summed E-state index contributed by atoms with van der Waals surface area (Å²) in [7, 11) is 0. The number of amides is 1. The molecule has 0 unspecified atom stereocenters. The summed E-state index contributed by atoms with van der Waals surface area (Å²) in [5.74, 6) is 0.229. The first-order valence-corrected chi connectivity index (χ1v) is 10.2. The molecule has 0 radical (unpaired) electrons. The number of carbonyl (C=O) groups excluding carboxylic acids is 1. The second-order valence-electron chi connectivity index (χ2n) is 8.42. The van der Waals surface area contributed by atoms with Crippen LogP contribution in [0.5, 0.6) is 0 Å². The number of hydrogen-bond acceptors (Lipinski definition) is 6. The fourth-order valence-corrected chi connectivity index (χ4v) is 5.48. The number of hydrogen-bond donors (Lipinski definition) is 4. The zero-order valence-corrected chi connectivity index (χ0v) is 16.1. The van der Waals surface area contributed by atoms with Crippen molar-refractivity contribution in [3.05, 3.63) is 41.8 Å². The summed E-state index contributed by atoms with van der Waals surface area (Å²) in [5, 5.41) is 9.95. The average Bonchev–Trinajstić information content (AvgIpc) is 3.26. The second kappa shape index (κ2) is 7.26. The van der Waals surface area contributed by atoms with Gasteiger partial charge in [0.25, 0.3) is 0 Å². The molecule has 5 N–H and O–H groups in total. The molecule has 5 rings (SSSR count). The number of nitrogens with zero attached hydrogens (tertiary/aromatic N) is 2. The highest BCUT2D eigenvalue weighted by Crippen LogP contribution is 2.52. The first kappa shape index (κ1) is 18.3. The van der Waals surface area contributed by atoms with E-state index in [0.717, 1.165) is 44.2 Å². The number of rotatable bonds is 1. The van der Waals surface area contributed by atoms with E-state index in [1.54, 1.807) is 0 Å². The Labute approximate surface area is 168 Å². The van der Waals surface area contributed by atoms with Crippen molar-refractivity contribution in [1.29, 1.82) is 0 Å². The minimum atomic E-state index is -0.533. The van der Waals surface area contributed by atoms with Gasteiger partial charge in [-0.1, -0.05) is 12.1 Å². The van der Waals surface area contributed by atoms with Crippen molar-refractivity contribution < 1.29 is 9.18 Å². The summed E-state index contributed by atoms with van der Waals surface area (Å²) in [6.07, 6.45) is 4.00. The molecule has 2 heterocycles. The molecule has 29 heavy (non-hydrogen) atoms. The van der Waals surface area contributed by atoms with E-state index in [-0.39, 0.29) is 35.5 Å². The summed E-state index contributed by atoms with van der Waals surface area (Å²) in [6.45, 7) is 1.77. The van der Waals surface area contributed by atoms with Gasteiger partial charge >= 0.3 is 0 Å². The Morgan fingerprint density at radius 2 is 2.14 bits per heavy atom. The fraction of sp³-hybridized carbons (Fsp3) is 0.476. The zero-order chi connectivity index (χ0) is 20.0. The molecule has 0 spiro atoms. The molecule has 7 nitrogen and oxygen atoms in total. The summed E-state index contributed by atoms with van der Waals surface area (Å²) in [4.78, 5) is 20.6. The lowest BCUT2D eigenvalue weighted by Gasteiger charge is -2.35. The normalized spacial score (nSPS) is 30.6. The molecule has 2 aliphatic carbocycles. The number of benzene rings is 1. The van der Waals surface area contributed by atoms with Crippen molar-refractivity contribution >= 4 is 23.4 Å². The third kappa shape index (κ3) is 3.42. The second-order valence-corrected chi connectivity index (χ2v) is 8.42. The molecule has 0 saturated heterocycles. The maximum atomic E-state index is 14.5. The largest absolute Gasteiger partial charge is 0.369 e. The van der Waals surface area contributed by atoms with Gasteiger partial charge in [-0.15, -0.1) is 0 Å². The van der Waals surface area contributed by atoms with Crippen molar-refractivity contribution in [3.63, 3.8) is 0 Å². The third-order valence-electron chi connectivity index (χ3n) is 6.70. The van der Waals surface area contributed by atoms with E-state index in [1.807, 2.05) is 12.1 Å². The van der Waals surface area contributed by atoms with Crippen LogP contribution in [0.2, 0.25) is 0 Å². The Kier molecular flexibility index (Phi) is 4.58. The maximum absolute atomic E-state index is 14.5. The Morgan fingerprint density at radius 1 is 1.24 bits per heavy atom. The molecule has 2 aromatic rings. The van der Waals surface area contributed by atoms with Crippen LogP contribution in [0.4, 0.5) is 21.8 Å². The van der Waals surface area contributed by atoms with Crippen molar-refractivity contribution in [1.82, 2.24) is 15.3 Å². The number of fused-ring (bicyclic) bond motifs is 5. The fourth-order valence-electron chi connectivity index (χ4n) is 5.48. The van der Waals surface area contributed by atoms with Gasteiger partial charge in [0.05, 0.1) is 12.1 Å². The molecule has 1 aliphatic heterocycles. The van der Waals surface area contributed by atoms with Crippen LogP contribution in [0.15, 0.2) is 30.5 Å². The Hall–Kier alpha value is -2.74. The first-order valence-electron chi connectivity index (χ1n) is 10.2. The van der Waals surface area contributed by atoms with E-state index in [1.165, 1.54) is 5.56 Å². The average molecular weight is 396 g/mol. The molecule has 152 valence electrons. The highest BCUT2D eigenvalue weighted by molar-refractivity contribution is 5.79. The Morgan fingerprint density at radius 3 is 3.00 bits per heavy atom. The Bertz CT molecular complexity index is 937. The van der Waals surface area contributed by atoms with Crippen LogP contribution in [-0.4, -0.2) is 35.0 Å². The molecule has 1 aromatic carbocycles. The number of primary amides is 1. The minimum absolute atomic E-state index is 0.115. The van der Waals surface area contributed by atoms with Gasteiger partial charge in [-0.25, -0.2) is 9.37 Å². The first-order chi connectivity index (χ1) is 14.1.